The highest BCUT2D eigenvalue weighted by Crippen LogP contribution is 2.23. The van der Waals surface area contributed by atoms with Gasteiger partial charge in [-0.15, -0.1) is 0 Å². The Balaban J connectivity index is 2.98. The molecular formula is C11H10ClNO3. The Bertz CT molecular complexity index is 451. The van der Waals surface area contributed by atoms with E-state index in [1.165, 1.54) is 24.3 Å². The number of hydrogen-bond acceptors (Lipinski definition) is 4. The zero-order valence-electron chi connectivity index (χ0n) is 8.86. The lowest BCUT2D eigenvalue weighted by Gasteiger charge is -2.08. The summed E-state index contributed by atoms with van der Waals surface area (Å²) in [6.07, 6.45) is 1.18. The average molecular weight is 240 g/mol. The summed E-state index contributed by atoms with van der Waals surface area (Å²) in [5.74, 6) is -0.498. The Morgan fingerprint density at radius 3 is 2.69 bits per heavy atom. The molecule has 1 aromatic carbocycles. The van der Waals surface area contributed by atoms with E-state index in [4.69, 9.17) is 16.3 Å². The van der Waals surface area contributed by atoms with E-state index >= 15 is 0 Å². The maximum Gasteiger partial charge on any atom is 0.339 e. The standard InChI is InChI=1S/C11H10ClNO3/c1-7(2)16-11(15)9-4-3-8(13-6-14)5-10(9)12/h3-5,7H,1-2H3. The summed E-state index contributed by atoms with van der Waals surface area (Å²) in [6, 6.07) is 4.36. The predicted molar refractivity (Wildman–Crippen MR) is 59.8 cm³/mol. The van der Waals surface area contributed by atoms with Gasteiger partial charge in [-0.25, -0.2) is 9.59 Å². The van der Waals surface area contributed by atoms with Crippen LogP contribution >= 0.6 is 11.6 Å². The van der Waals surface area contributed by atoms with Crippen LogP contribution in [-0.4, -0.2) is 18.2 Å². The molecule has 16 heavy (non-hydrogen) atoms. The number of aliphatic imine (C=N–C) groups is 1. The Morgan fingerprint density at radius 1 is 1.50 bits per heavy atom. The number of isocyanates is 1. The minimum atomic E-state index is -0.498. The molecule has 0 aliphatic carbocycles. The van der Waals surface area contributed by atoms with Crippen molar-refractivity contribution >= 4 is 29.3 Å². The number of carbonyl (C=O) groups is 1. The van der Waals surface area contributed by atoms with Crippen LogP contribution in [-0.2, 0) is 9.53 Å². The van der Waals surface area contributed by atoms with Crippen molar-refractivity contribution in [3.05, 3.63) is 28.8 Å². The molecular weight excluding hydrogens is 230 g/mol. The monoisotopic (exact) mass is 239 g/mol. The van der Waals surface area contributed by atoms with Gasteiger partial charge in [-0.1, -0.05) is 11.6 Å². The van der Waals surface area contributed by atoms with Gasteiger partial charge in [-0.2, -0.15) is 4.99 Å². The fraction of sp³-hybridized carbons (Fsp3) is 0.273. The topological polar surface area (TPSA) is 55.7 Å². The Labute approximate surface area is 97.9 Å². The number of carbonyl (C=O) groups excluding carboxylic acids is 2. The van der Waals surface area contributed by atoms with Crippen LogP contribution < -0.4 is 0 Å². The van der Waals surface area contributed by atoms with Crippen LogP contribution in [0.4, 0.5) is 5.69 Å². The first-order valence-corrected chi connectivity index (χ1v) is 5.00. The van der Waals surface area contributed by atoms with Gasteiger partial charge in [-0.05, 0) is 32.0 Å². The summed E-state index contributed by atoms with van der Waals surface area (Å²) in [5, 5.41) is 0.196. The normalized spacial score (nSPS) is 9.75. The first-order chi connectivity index (χ1) is 7.54. The van der Waals surface area contributed by atoms with Crippen LogP contribution in [0.1, 0.15) is 24.2 Å². The van der Waals surface area contributed by atoms with E-state index in [0.29, 0.717) is 5.69 Å². The van der Waals surface area contributed by atoms with E-state index in [9.17, 15) is 9.59 Å². The van der Waals surface area contributed by atoms with Crippen molar-refractivity contribution in [3.63, 3.8) is 0 Å². The van der Waals surface area contributed by atoms with Gasteiger partial charge >= 0.3 is 5.97 Å². The lowest BCUT2D eigenvalue weighted by Crippen LogP contribution is -2.11. The predicted octanol–water partition coefficient (Wildman–Crippen LogP) is 2.87. The number of nitrogens with zero attached hydrogens (tertiary/aromatic N) is 1. The highest BCUT2D eigenvalue weighted by atomic mass is 35.5. The van der Waals surface area contributed by atoms with E-state index in [2.05, 4.69) is 4.99 Å². The third-order valence-corrected chi connectivity index (χ3v) is 2.00. The molecule has 1 rings (SSSR count). The van der Waals surface area contributed by atoms with Crippen molar-refractivity contribution in [1.82, 2.24) is 0 Å². The Morgan fingerprint density at radius 2 is 2.19 bits per heavy atom. The summed E-state index contributed by atoms with van der Waals surface area (Å²) in [5.41, 5.74) is 0.598. The number of halogens is 1. The van der Waals surface area contributed by atoms with E-state index < -0.39 is 5.97 Å². The second kappa shape index (κ2) is 5.45. The fourth-order valence-electron chi connectivity index (χ4n) is 1.07. The van der Waals surface area contributed by atoms with Crippen molar-refractivity contribution in [2.75, 3.05) is 0 Å². The quantitative estimate of drug-likeness (QED) is 0.463. The molecule has 1 aromatic rings. The van der Waals surface area contributed by atoms with Crippen molar-refractivity contribution in [2.45, 2.75) is 20.0 Å². The third-order valence-electron chi connectivity index (χ3n) is 1.69. The van der Waals surface area contributed by atoms with E-state index in [1.807, 2.05) is 0 Å². The molecule has 0 aromatic heterocycles. The summed E-state index contributed by atoms with van der Waals surface area (Å²) in [7, 11) is 0. The molecule has 0 N–H and O–H groups in total. The fourth-order valence-corrected chi connectivity index (χ4v) is 1.32. The zero-order chi connectivity index (χ0) is 12.1. The first kappa shape index (κ1) is 12.4. The van der Waals surface area contributed by atoms with Gasteiger partial charge in [0.15, 0.2) is 0 Å². The molecule has 0 unspecified atom stereocenters. The van der Waals surface area contributed by atoms with Crippen LogP contribution in [0.3, 0.4) is 0 Å². The van der Waals surface area contributed by atoms with E-state index in [1.54, 1.807) is 13.8 Å². The molecule has 0 saturated heterocycles. The van der Waals surface area contributed by atoms with Gasteiger partial charge in [0.05, 0.1) is 22.4 Å². The van der Waals surface area contributed by atoms with Crippen LogP contribution in [0.25, 0.3) is 0 Å². The van der Waals surface area contributed by atoms with Crippen LogP contribution in [0.2, 0.25) is 5.02 Å². The molecule has 84 valence electrons. The highest BCUT2D eigenvalue weighted by molar-refractivity contribution is 6.33. The van der Waals surface area contributed by atoms with Crippen molar-refractivity contribution in [2.24, 2.45) is 4.99 Å². The van der Waals surface area contributed by atoms with Crippen LogP contribution in [0.15, 0.2) is 23.2 Å². The summed E-state index contributed by atoms with van der Waals surface area (Å²) in [6.45, 7) is 3.49. The number of ether oxygens (including phenoxy) is 1. The average Bonchev–Trinajstić information content (AvgIpc) is 2.16. The molecule has 0 atom stereocenters. The van der Waals surface area contributed by atoms with Crippen molar-refractivity contribution < 1.29 is 14.3 Å². The highest BCUT2D eigenvalue weighted by Gasteiger charge is 2.13. The number of benzene rings is 1. The molecule has 5 heteroatoms. The molecule has 0 heterocycles. The summed E-state index contributed by atoms with van der Waals surface area (Å²) in [4.78, 5) is 24.9. The van der Waals surface area contributed by atoms with Crippen LogP contribution in [0.5, 0.6) is 0 Å². The summed E-state index contributed by atoms with van der Waals surface area (Å²) >= 11 is 5.85. The molecule has 4 nitrogen and oxygen atoms in total. The third kappa shape index (κ3) is 3.19. The SMILES string of the molecule is CC(C)OC(=O)c1ccc(N=C=O)cc1Cl. The molecule has 0 fully saturated rings. The summed E-state index contributed by atoms with van der Waals surface area (Å²) < 4.78 is 4.99. The minimum absolute atomic E-state index is 0.196. The smallest absolute Gasteiger partial charge is 0.339 e. The maximum absolute atomic E-state index is 11.5. The number of hydrogen-bond donors (Lipinski definition) is 0. The van der Waals surface area contributed by atoms with E-state index in [-0.39, 0.29) is 16.7 Å². The lowest BCUT2D eigenvalue weighted by atomic mass is 10.2. The Kier molecular flexibility index (Phi) is 4.23. The number of esters is 1. The molecule has 0 spiro atoms. The lowest BCUT2D eigenvalue weighted by molar-refractivity contribution is 0.0378. The van der Waals surface area contributed by atoms with Gasteiger partial charge in [0.1, 0.15) is 0 Å². The van der Waals surface area contributed by atoms with Gasteiger partial charge in [0.25, 0.3) is 0 Å². The molecule has 0 radical (unpaired) electrons. The second-order valence-electron chi connectivity index (χ2n) is 3.32. The van der Waals surface area contributed by atoms with Crippen molar-refractivity contribution in [1.29, 1.82) is 0 Å². The van der Waals surface area contributed by atoms with Gasteiger partial charge in [-0.3, -0.25) is 0 Å². The molecule has 0 bridgehead atoms. The largest absolute Gasteiger partial charge is 0.459 e. The van der Waals surface area contributed by atoms with Crippen LogP contribution in [0, 0.1) is 0 Å². The molecule has 0 amide bonds. The minimum Gasteiger partial charge on any atom is -0.459 e. The van der Waals surface area contributed by atoms with Gasteiger partial charge in [0, 0.05) is 0 Å². The van der Waals surface area contributed by atoms with Gasteiger partial charge < -0.3 is 4.74 Å². The first-order valence-electron chi connectivity index (χ1n) is 4.63. The van der Waals surface area contributed by atoms with Crippen molar-refractivity contribution in [3.8, 4) is 0 Å². The maximum atomic E-state index is 11.5. The zero-order valence-corrected chi connectivity index (χ0v) is 9.62. The molecule has 0 aliphatic heterocycles. The molecule has 0 aliphatic rings. The Hall–Kier alpha value is -1.64. The second-order valence-corrected chi connectivity index (χ2v) is 3.73. The number of rotatable bonds is 3. The van der Waals surface area contributed by atoms with Gasteiger partial charge in [0.2, 0.25) is 6.08 Å². The molecule has 0 saturated carbocycles. The van der Waals surface area contributed by atoms with E-state index in [0.717, 1.165) is 0 Å².